The fourth-order valence-electron chi connectivity index (χ4n) is 2.23. The minimum atomic E-state index is -3.69. The largest absolute Gasteiger partial charge is 0.495 e. The summed E-state index contributed by atoms with van der Waals surface area (Å²) in [6.07, 6.45) is 0.887. The van der Waals surface area contributed by atoms with Crippen LogP contribution in [0.1, 0.15) is 32.8 Å². The van der Waals surface area contributed by atoms with Gasteiger partial charge < -0.3 is 9.64 Å². The van der Waals surface area contributed by atoms with Gasteiger partial charge in [0.25, 0.3) is 0 Å². The van der Waals surface area contributed by atoms with Crippen LogP contribution in [0.4, 0.5) is 0 Å². The van der Waals surface area contributed by atoms with Crippen molar-refractivity contribution in [3.63, 3.8) is 0 Å². The molecular formula is C17H28N2O4S. The Balaban J connectivity index is 2.74. The van der Waals surface area contributed by atoms with Crippen LogP contribution in [0.5, 0.6) is 5.75 Å². The van der Waals surface area contributed by atoms with E-state index in [1.165, 1.54) is 14.0 Å². The second-order valence-corrected chi connectivity index (χ2v) is 7.98. The number of carbonyl (C=O) groups excluding carboxylic acids is 1. The Kier molecular flexibility index (Phi) is 7.69. The molecule has 0 fully saturated rings. The van der Waals surface area contributed by atoms with Crippen LogP contribution < -0.4 is 9.46 Å². The number of hydrogen-bond acceptors (Lipinski definition) is 4. The molecule has 0 spiro atoms. The summed E-state index contributed by atoms with van der Waals surface area (Å²) >= 11 is 0. The van der Waals surface area contributed by atoms with E-state index in [1.807, 2.05) is 6.92 Å². The van der Waals surface area contributed by atoms with Crippen molar-refractivity contribution >= 4 is 15.9 Å². The van der Waals surface area contributed by atoms with E-state index in [9.17, 15) is 13.2 Å². The molecule has 1 aromatic rings. The number of benzene rings is 1. The van der Waals surface area contributed by atoms with Crippen LogP contribution in [0.25, 0.3) is 0 Å². The van der Waals surface area contributed by atoms with Crippen molar-refractivity contribution in [3.05, 3.63) is 23.8 Å². The molecule has 0 saturated carbocycles. The zero-order valence-electron chi connectivity index (χ0n) is 15.1. The Bertz CT molecular complexity index is 657. The predicted octanol–water partition coefficient (Wildman–Crippen LogP) is 2.18. The van der Waals surface area contributed by atoms with Crippen molar-refractivity contribution in [2.45, 2.75) is 39.0 Å². The lowest BCUT2D eigenvalue weighted by Gasteiger charge is -2.22. The molecule has 1 N–H and O–H groups in total. The van der Waals surface area contributed by atoms with E-state index in [0.29, 0.717) is 24.8 Å². The molecular weight excluding hydrogens is 328 g/mol. The van der Waals surface area contributed by atoms with Gasteiger partial charge in [-0.2, -0.15) is 0 Å². The Hall–Kier alpha value is -1.60. The lowest BCUT2D eigenvalue weighted by molar-refractivity contribution is -0.128. The first-order valence-corrected chi connectivity index (χ1v) is 9.55. The maximum absolute atomic E-state index is 12.5. The van der Waals surface area contributed by atoms with Crippen LogP contribution in [0.3, 0.4) is 0 Å². The first-order valence-electron chi connectivity index (χ1n) is 8.07. The van der Waals surface area contributed by atoms with Crippen molar-refractivity contribution in [3.8, 4) is 5.75 Å². The van der Waals surface area contributed by atoms with Gasteiger partial charge in [0.15, 0.2) is 0 Å². The molecule has 0 aliphatic carbocycles. The third-order valence-electron chi connectivity index (χ3n) is 3.70. The highest BCUT2D eigenvalue weighted by molar-refractivity contribution is 7.89. The van der Waals surface area contributed by atoms with E-state index in [2.05, 4.69) is 18.6 Å². The van der Waals surface area contributed by atoms with E-state index in [1.54, 1.807) is 23.1 Å². The van der Waals surface area contributed by atoms with Gasteiger partial charge >= 0.3 is 0 Å². The average molecular weight is 356 g/mol. The topological polar surface area (TPSA) is 75.7 Å². The molecule has 0 aliphatic heterocycles. The first kappa shape index (κ1) is 20.4. The van der Waals surface area contributed by atoms with Crippen molar-refractivity contribution in [2.75, 3.05) is 26.7 Å². The summed E-state index contributed by atoms with van der Waals surface area (Å²) in [7, 11) is -2.25. The fraction of sp³-hybridized carbons (Fsp3) is 0.588. The molecule has 7 heteroatoms. The quantitative estimate of drug-likeness (QED) is 0.736. The Morgan fingerprint density at radius 1 is 1.29 bits per heavy atom. The molecule has 1 amide bonds. The summed E-state index contributed by atoms with van der Waals surface area (Å²) in [5.74, 6) is 0.736. The van der Waals surface area contributed by atoms with Gasteiger partial charge in [-0.25, -0.2) is 13.1 Å². The number of nitrogens with one attached hydrogen (secondary N) is 1. The molecule has 0 aromatic heterocycles. The second-order valence-electron chi connectivity index (χ2n) is 6.24. The Labute approximate surface area is 145 Å². The summed E-state index contributed by atoms with van der Waals surface area (Å²) in [5, 5.41) is 0. The van der Waals surface area contributed by atoms with Gasteiger partial charge in [-0.3, -0.25) is 4.79 Å². The number of rotatable bonds is 9. The van der Waals surface area contributed by atoms with Crippen LogP contribution in [0, 0.1) is 12.8 Å². The van der Waals surface area contributed by atoms with Crippen LogP contribution in [-0.2, 0) is 14.8 Å². The minimum absolute atomic E-state index is 0.0528. The van der Waals surface area contributed by atoms with Crippen molar-refractivity contribution in [1.82, 2.24) is 9.62 Å². The Morgan fingerprint density at radius 2 is 1.96 bits per heavy atom. The normalized spacial score (nSPS) is 11.6. The number of carbonyl (C=O) groups is 1. The Morgan fingerprint density at radius 3 is 2.50 bits per heavy atom. The van der Waals surface area contributed by atoms with Crippen molar-refractivity contribution in [1.29, 1.82) is 0 Å². The van der Waals surface area contributed by atoms with Crippen LogP contribution in [-0.4, -0.2) is 46.0 Å². The second kappa shape index (κ2) is 9.03. The fourth-order valence-corrected chi connectivity index (χ4v) is 3.50. The molecule has 136 valence electrons. The molecule has 1 rings (SSSR count). The third-order valence-corrected chi connectivity index (χ3v) is 5.19. The van der Waals surface area contributed by atoms with Gasteiger partial charge in [0, 0.05) is 26.6 Å². The minimum Gasteiger partial charge on any atom is -0.495 e. The highest BCUT2D eigenvalue weighted by Crippen LogP contribution is 2.24. The number of sulfonamides is 1. The van der Waals surface area contributed by atoms with E-state index in [4.69, 9.17) is 4.74 Å². The molecule has 0 atom stereocenters. The molecule has 1 aromatic carbocycles. The lowest BCUT2D eigenvalue weighted by Crippen LogP contribution is -2.38. The number of hydrogen-bond donors (Lipinski definition) is 1. The van der Waals surface area contributed by atoms with Crippen LogP contribution in [0.2, 0.25) is 0 Å². The van der Waals surface area contributed by atoms with Gasteiger partial charge in [-0.1, -0.05) is 19.9 Å². The predicted molar refractivity (Wildman–Crippen MR) is 94.6 cm³/mol. The molecule has 0 bridgehead atoms. The maximum Gasteiger partial charge on any atom is 0.244 e. The highest BCUT2D eigenvalue weighted by Gasteiger charge is 2.20. The van der Waals surface area contributed by atoms with Gasteiger partial charge in [0.05, 0.1) is 7.11 Å². The standard InChI is InChI=1S/C17H28N2O4S/c1-13(2)8-10-19(15(4)20)11-9-18-24(21,22)17-12-14(3)6-7-16(17)23-5/h6-7,12-13,18H,8-11H2,1-5H3. The summed E-state index contributed by atoms with van der Waals surface area (Å²) in [4.78, 5) is 13.4. The van der Waals surface area contributed by atoms with E-state index >= 15 is 0 Å². The van der Waals surface area contributed by atoms with E-state index in [-0.39, 0.29) is 17.3 Å². The molecule has 0 unspecified atom stereocenters. The number of nitrogens with zero attached hydrogens (tertiary/aromatic N) is 1. The summed E-state index contributed by atoms with van der Waals surface area (Å²) in [6, 6.07) is 5.00. The van der Waals surface area contributed by atoms with E-state index in [0.717, 1.165) is 12.0 Å². The van der Waals surface area contributed by atoms with Gasteiger partial charge in [0.2, 0.25) is 15.9 Å². The molecule has 0 saturated heterocycles. The smallest absolute Gasteiger partial charge is 0.244 e. The summed E-state index contributed by atoms with van der Waals surface area (Å²) < 4.78 is 32.7. The van der Waals surface area contributed by atoms with E-state index < -0.39 is 10.0 Å². The zero-order chi connectivity index (χ0) is 18.3. The monoisotopic (exact) mass is 356 g/mol. The van der Waals surface area contributed by atoms with Crippen molar-refractivity contribution in [2.24, 2.45) is 5.92 Å². The SMILES string of the molecule is COc1ccc(C)cc1S(=O)(=O)NCCN(CCC(C)C)C(C)=O. The molecule has 0 heterocycles. The van der Waals surface area contributed by atoms with Crippen molar-refractivity contribution < 1.29 is 17.9 Å². The maximum atomic E-state index is 12.5. The number of amides is 1. The lowest BCUT2D eigenvalue weighted by atomic mass is 10.1. The van der Waals surface area contributed by atoms with Crippen LogP contribution in [0.15, 0.2) is 23.1 Å². The molecule has 24 heavy (non-hydrogen) atoms. The number of methoxy groups -OCH3 is 1. The summed E-state index contributed by atoms with van der Waals surface area (Å²) in [6.45, 7) is 8.63. The number of aryl methyl sites for hydroxylation is 1. The summed E-state index contributed by atoms with van der Waals surface area (Å²) in [5.41, 5.74) is 0.832. The molecule has 0 aliphatic rings. The first-order chi connectivity index (χ1) is 11.2. The van der Waals surface area contributed by atoms with Gasteiger partial charge in [-0.05, 0) is 37.0 Å². The molecule has 0 radical (unpaired) electrons. The van der Waals surface area contributed by atoms with Gasteiger partial charge in [0.1, 0.15) is 10.6 Å². The zero-order valence-corrected chi connectivity index (χ0v) is 15.9. The highest BCUT2D eigenvalue weighted by atomic mass is 32.2. The average Bonchev–Trinajstić information content (AvgIpc) is 2.49. The third kappa shape index (κ3) is 6.13. The van der Waals surface area contributed by atoms with Gasteiger partial charge in [-0.15, -0.1) is 0 Å². The molecule has 6 nitrogen and oxygen atoms in total. The van der Waals surface area contributed by atoms with Crippen LogP contribution >= 0.6 is 0 Å². The number of ether oxygens (including phenoxy) is 1.